The standard InChI is InChI=1S/C24H22N6O2/c31-24(21-15-22(32-29-21)17-6-2-1-3-7-17)27-19-10-8-18(9-11-19)26-23-14-20(16-25-28-23)30-12-4-5-13-30/h1-3,6-11,14-16H,4-5,12-13H2,(H,26,28)(H,27,31). The maximum Gasteiger partial charge on any atom is 0.277 e. The predicted molar refractivity (Wildman–Crippen MR) is 123 cm³/mol. The van der Waals surface area contributed by atoms with Gasteiger partial charge in [-0.05, 0) is 37.1 Å². The Kier molecular flexibility index (Phi) is 5.48. The number of hydrogen-bond donors (Lipinski definition) is 2. The highest BCUT2D eigenvalue weighted by molar-refractivity contribution is 6.03. The number of benzene rings is 2. The van der Waals surface area contributed by atoms with Gasteiger partial charge in [-0.1, -0.05) is 35.5 Å². The van der Waals surface area contributed by atoms with Crippen LogP contribution in [0.2, 0.25) is 0 Å². The largest absolute Gasteiger partial charge is 0.370 e. The van der Waals surface area contributed by atoms with E-state index in [1.165, 1.54) is 12.8 Å². The van der Waals surface area contributed by atoms with Crippen LogP contribution in [0.4, 0.5) is 22.9 Å². The van der Waals surface area contributed by atoms with Crippen LogP contribution < -0.4 is 15.5 Å². The van der Waals surface area contributed by atoms with Gasteiger partial charge in [0.1, 0.15) is 0 Å². The molecule has 32 heavy (non-hydrogen) atoms. The fraction of sp³-hybridized carbons (Fsp3) is 0.167. The molecule has 2 aromatic heterocycles. The number of anilines is 4. The number of amides is 1. The molecule has 0 radical (unpaired) electrons. The molecule has 2 aromatic carbocycles. The zero-order valence-electron chi connectivity index (χ0n) is 17.4. The van der Waals surface area contributed by atoms with Gasteiger partial charge in [-0.2, -0.15) is 5.10 Å². The van der Waals surface area contributed by atoms with Crippen molar-refractivity contribution in [2.24, 2.45) is 0 Å². The van der Waals surface area contributed by atoms with E-state index in [1.54, 1.807) is 12.3 Å². The van der Waals surface area contributed by atoms with Gasteiger partial charge in [0.05, 0.1) is 11.9 Å². The zero-order chi connectivity index (χ0) is 21.8. The summed E-state index contributed by atoms with van der Waals surface area (Å²) in [6.45, 7) is 2.11. The third-order valence-corrected chi connectivity index (χ3v) is 5.33. The fourth-order valence-corrected chi connectivity index (χ4v) is 3.67. The van der Waals surface area contributed by atoms with Crippen molar-refractivity contribution in [3.63, 3.8) is 0 Å². The Hall–Kier alpha value is -4.20. The molecule has 1 fully saturated rings. The van der Waals surface area contributed by atoms with Gasteiger partial charge in [0.25, 0.3) is 5.91 Å². The third kappa shape index (κ3) is 4.44. The summed E-state index contributed by atoms with van der Waals surface area (Å²) in [6, 6.07) is 20.5. The number of carbonyl (C=O) groups excluding carboxylic acids is 1. The van der Waals surface area contributed by atoms with E-state index >= 15 is 0 Å². The topological polar surface area (TPSA) is 96.2 Å². The predicted octanol–water partition coefficient (Wildman–Crippen LogP) is 4.73. The van der Waals surface area contributed by atoms with Crippen molar-refractivity contribution in [3.05, 3.63) is 78.6 Å². The van der Waals surface area contributed by atoms with Crippen molar-refractivity contribution in [1.29, 1.82) is 0 Å². The van der Waals surface area contributed by atoms with Crippen molar-refractivity contribution < 1.29 is 9.32 Å². The number of nitrogens with one attached hydrogen (secondary N) is 2. The van der Waals surface area contributed by atoms with Gasteiger partial charge < -0.3 is 20.1 Å². The second-order valence-electron chi connectivity index (χ2n) is 7.59. The van der Waals surface area contributed by atoms with E-state index in [9.17, 15) is 4.79 Å². The molecule has 3 heterocycles. The van der Waals surface area contributed by atoms with Crippen LogP contribution in [-0.2, 0) is 0 Å². The first-order valence-corrected chi connectivity index (χ1v) is 10.5. The number of rotatable bonds is 6. The van der Waals surface area contributed by atoms with Crippen molar-refractivity contribution in [3.8, 4) is 11.3 Å². The van der Waals surface area contributed by atoms with Gasteiger partial charge >= 0.3 is 0 Å². The van der Waals surface area contributed by atoms with Crippen LogP contribution >= 0.6 is 0 Å². The van der Waals surface area contributed by atoms with Gasteiger partial charge in [-0.15, -0.1) is 5.10 Å². The summed E-state index contributed by atoms with van der Waals surface area (Å²) in [5.41, 5.74) is 3.67. The summed E-state index contributed by atoms with van der Waals surface area (Å²) < 4.78 is 5.30. The maximum absolute atomic E-state index is 12.5. The summed E-state index contributed by atoms with van der Waals surface area (Å²) in [5, 5.41) is 18.3. The summed E-state index contributed by atoms with van der Waals surface area (Å²) in [4.78, 5) is 14.8. The number of hydrogen-bond acceptors (Lipinski definition) is 7. The zero-order valence-corrected chi connectivity index (χ0v) is 17.4. The molecule has 2 N–H and O–H groups in total. The molecule has 0 atom stereocenters. The highest BCUT2D eigenvalue weighted by Crippen LogP contribution is 2.24. The molecule has 1 aliphatic rings. The molecule has 0 saturated carbocycles. The lowest BCUT2D eigenvalue weighted by Gasteiger charge is -2.17. The Morgan fingerprint density at radius 2 is 1.69 bits per heavy atom. The smallest absolute Gasteiger partial charge is 0.277 e. The van der Waals surface area contributed by atoms with Gasteiger partial charge in [0.2, 0.25) is 0 Å². The Labute approximate surface area is 185 Å². The van der Waals surface area contributed by atoms with E-state index in [-0.39, 0.29) is 11.6 Å². The monoisotopic (exact) mass is 426 g/mol. The van der Waals surface area contributed by atoms with Crippen molar-refractivity contribution in [2.75, 3.05) is 28.6 Å². The van der Waals surface area contributed by atoms with Gasteiger partial charge in [-0.3, -0.25) is 4.79 Å². The normalized spacial score (nSPS) is 13.2. The van der Waals surface area contributed by atoms with Crippen molar-refractivity contribution in [2.45, 2.75) is 12.8 Å². The minimum Gasteiger partial charge on any atom is -0.370 e. The Morgan fingerprint density at radius 1 is 0.938 bits per heavy atom. The van der Waals surface area contributed by atoms with E-state index in [0.29, 0.717) is 17.3 Å². The Balaban J connectivity index is 1.22. The van der Waals surface area contributed by atoms with Crippen molar-refractivity contribution in [1.82, 2.24) is 15.4 Å². The van der Waals surface area contributed by atoms with E-state index in [4.69, 9.17) is 4.52 Å². The molecule has 8 nitrogen and oxygen atoms in total. The second-order valence-corrected chi connectivity index (χ2v) is 7.59. The molecular formula is C24H22N6O2. The van der Waals surface area contributed by atoms with Crippen molar-refractivity contribution >= 4 is 28.8 Å². The van der Waals surface area contributed by atoms with E-state index in [0.717, 1.165) is 30.0 Å². The fourth-order valence-electron chi connectivity index (χ4n) is 3.67. The van der Waals surface area contributed by atoms with Crippen LogP contribution in [0.15, 0.2) is 77.4 Å². The first-order chi connectivity index (χ1) is 15.7. The Morgan fingerprint density at radius 3 is 2.47 bits per heavy atom. The molecular weight excluding hydrogens is 404 g/mol. The maximum atomic E-state index is 12.5. The summed E-state index contributed by atoms with van der Waals surface area (Å²) in [5.74, 6) is 0.899. The lowest BCUT2D eigenvalue weighted by atomic mass is 10.1. The molecule has 0 bridgehead atoms. The molecule has 0 unspecified atom stereocenters. The van der Waals surface area contributed by atoms with Crippen LogP contribution in [0.1, 0.15) is 23.3 Å². The minimum atomic E-state index is -0.333. The molecule has 8 heteroatoms. The van der Waals surface area contributed by atoms with Gasteiger partial charge in [0, 0.05) is 42.2 Å². The molecule has 1 saturated heterocycles. The van der Waals surface area contributed by atoms with Crippen LogP contribution in [0.25, 0.3) is 11.3 Å². The van der Waals surface area contributed by atoms with E-state index in [1.807, 2.05) is 60.7 Å². The van der Waals surface area contributed by atoms with Gasteiger partial charge in [-0.25, -0.2) is 0 Å². The summed E-state index contributed by atoms with van der Waals surface area (Å²) in [6.07, 6.45) is 4.21. The minimum absolute atomic E-state index is 0.222. The molecule has 0 spiro atoms. The molecule has 1 aliphatic heterocycles. The summed E-state index contributed by atoms with van der Waals surface area (Å²) >= 11 is 0. The highest BCUT2D eigenvalue weighted by Gasteiger charge is 2.15. The molecule has 160 valence electrons. The highest BCUT2D eigenvalue weighted by atomic mass is 16.5. The molecule has 1 amide bonds. The average Bonchev–Trinajstić information content (AvgIpc) is 3.54. The van der Waals surface area contributed by atoms with Crippen LogP contribution in [0.5, 0.6) is 0 Å². The molecule has 0 aliphatic carbocycles. The summed E-state index contributed by atoms with van der Waals surface area (Å²) in [7, 11) is 0. The quantitative estimate of drug-likeness (QED) is 0.460. The lowest BCUT2D eigenvalue weighted by Crippen LogP contribution is -2.18. The number of aromatic nitrogens is 3. The van der Waals surface area contributed by atoms with Gasteiger partial charge in [0.15, 0.2) is 17.3 Å². The molecule has 4 aromatic rings. The SMILES string of the molecule is O=C(Nc1ccc(Nc2cc(N3CCCC3)cnn2)cc1)c1cc(-c2ccccc2)on1. The second kappa shape index (κ2) is 8.89. The van der Waals surface area contributed by atoms with Crippen LogP contribution in [0, 0.1) is 0 Å². The van der Waals surface area contributed by atoms with Crippen LogP contribution in [0.3, 0.4) is 0 Å². The first-order valence-electron chi connectivity index (χ1n) is 10.5. The van der Waals surface area contributed by atoms with E-state index < -0.39 is 0 Å². The third-order valence-electron chi connectivity index (χ3n) is 5.33. The average molecular weight is 426 g/mol. The first kappa shape index (κ1) is 19.7. The number of carbonyl (C=O) groups is 1. The van der Waals surface area contributed by atoms with Crippen LogP contribution in [-0.4, -0.2) is 34.4 Å². The molecule has 5 rings (SSSR count). The van der Waals surface area contributed by atoms with E-state index in [2.05, 4.69) is 30.9 Å². The Bertz CT molecular complexity index is 1200. The number of nitrogens with zero attached hydrogens (tertiary/aromatic N) is 4. The lowest BCUT2D eigenvalue weighted by molar-refractivity contribution is 0.101.